The number of likely N-dealkylation sites (N-methyl/N-ethyl adjacent to an activating group) is 1. The molecule has 0 bridgehead atoms. The van der Waals surface area contributed by atoms with Crippen molar-refractivity contribution in [3.8, 4) is 0 Å². The van der Waals surface area contributed by atoms with Crippen LogP contribution in [-0.4, -0.2) is 33.5 Å². The Kier molecular flexibility index (Phi) is 4.82. The Morgan fingerprint density at radius 2 is 1.76 bits per heavy atom. The lowest BCUT2D eigenvalue weighted by molar-refractivity contribution is 0.255. The molecule has 114 valence electrons. The van der Waals surface area contributed by atoms with Crippen LogP contribution in [0.3, 0.4) is 0 Å². The minimum Gasteiger partial charge on any atom is -0.452 e. The highest BCUT2D eigenvalue weighted by atomic mass is 32.2. The van der Waals surface area contributed by atoms with Crippen LogP contribution in [0.4, 0.5) is 0 Å². The van der Waals surface area contributed by atoms with E-state index in [1.165, 1.54) is 12.3 Å². The van der Waals surface area contributed by atoms with Gasteiger partial charge in [-0.3, -0.25) is 0 Å². The second kappa shape index (κ2) is 6.43. The highest BCUT2D eigenvalue weighted by Gasteiger charge is 2.27. The van der Waals surface area contributed by atoms with Crippen molar-refractivity contribution in [1.29, 1.82) is 0 Å². The van der Waals surface area contributed by atoms with Crippen molar-refractivity contribution >= 4 is 10.0 Å². The van der Waals surface area contributed by atoms with Crippen molar-refractivity contribution in [2.45, 2.75) is 24.1 Å². The van der Waals surface area contributed by atoms with E-state index in [0.717, 1.165) is 5.56 Å². The van der Waals surface area contributed by atoms with Crippen molar-refractivity contribution in [2.24, 2.45) is 0 Å². The molecule has 2 aromatic rings. The van der Waals surface area contributed by atoms with E-state index in [-0.39, 0.29) is 17.2 Å². The fourth-order valence-corrected chi connectivity index (χ4v) is 3.64. The minimum atomic E-state index is -3.65. The molecule has 21 heavy (non-hydrogen) atoms. The van der Waals surface area contributed by atoms with Crippen LogP contribution in [0.1, 0.15) is 18.5 Å². The lowest BCUT2D eigenvalue weighted by Gasteiger charge is -2.30. The first-order chi connectivity index (χ1) is 9.92. The number of nitrogens with one attached hydrogen (secondary N) is 1. The number of hydrogen-bond acceptors (Lipinski definition) is 4. The minimum absolute atomic E-state index is 0.0695. The number of rotatable bonds is 6. The predicted molar refractivity (Wildman–Crippen MR) is 81.4 cm³/mol. The van der Waals surface area contributed by atoms with E-state index in [0.29, 0.717) is 0 Å². The van der Waals surface area contributed by atoms with Gasteiger partial charge in [-0.15, -0.1) is 0 Å². The molecule has 6 heteroatoms. The van der Waals surface area contributed by atoms with Gasteiger partial charge in [-0.05, 0) is 38.7 Å². The number of benzene rings is 1. The first-order valence-corrected chi connectivity index (χ1v) is 8.17. The zero-order valence-corrected chi connectivity index (χ0v) is 13.2. The first-order valence-electron chi connectivity index (χ1n) is 6.69. The van der Waals surface area contributed by atoms with E-state index in [1.54, 1.807) is 6.07 Å². The smallest absolute Gasteiger partial charge is 0.274 e. The highest BCUT2D eigenvalue weighted by molar-refractivity contribution is 7.89. The summed E-state index contributed by atoms with van der Waals surface area (Å²) in [6.07, 6.45) is 1.35. The van der Waals surface area contributed by atoms with Gasteiger partial charge in [0.25, 0.3) is 10.0 Å². The van der Waals surface area contributed by atoms with Crippen LogP contribution >= 0.6 is 0 Å². The Labute approximate surface area is 125 Å². The van der Waals surface area contributed by atoms with Crippen LogP contribution < -0.4 is 4.72 Å². The quantitative estimate of drug-likeness (QED) is 0.889. The maximum absolute atomic E-state index is 12.2. The predicted octanol–water partition coefficient (Wildman–Crippen LogP) is 2.25. The molecule has 0 saturated carbocycles. The average Bonchev–Trinajstić information content (AvgIpc) is 2.93. The van der Waals surface area contributed by atoms with Gasteiger partial charge < -0.3 is 9.32 Å². The number of hydrogen-bond donors (Lipinski definition) is 1. The third-order valence-electron chi connectivity index (χ3n) is 3.27. The Morgan fingerprint density at radius 1 is 1.10 bits per heavy atom. The van der Waals surface area contributed by atoms with Crippen molar-refractivity contribution in [1.82, 2.24) is 9.62 Å². The fraction of sp³-hybridized carbons (Fsp3) is 0.333. The van der Waals surface area contributed by atoms with Crippen LogP contribution in [0.2, 0.25) is 0 Å². The normalized spacial score (nSPS) is 15.0. The lowest BCUT2D eigenvalue weighted by Crippen LogP contribution is -2.42. The largest absolute Gasteiger partial charge is 0.452 e. The van der Waals surface area contributed by atoms with E-state index in [2.05, 4.69) is 4.72 Å². The molecule has 0 aliphatic heterocycles. The summed E-state index contributed by atoms with van der Waals surface area (Å²) in [5, 5.41) is -0.0695. The topological polar surface area (TPSA) is 62.6 Å². The second-order valence-electron chi connectivity index (χ2n) is 5.16. The average molecular weight is 308 g/mol. The van der Waals surface area contributed by atoms with Crippen LogP contribution in [0.5, 0.6) is 0 Å². The Balaban J connectivity index is 2.23. The van der Waals surface area contributed by atoms with Crippen molar-refractivity contribution in [3.05, 3.63) is 54.3 Å². The molecular weight excluding hydrogens is 288 g/mol. The van der Waals surface area contributed by atoms with E-state index in [1.807, 2.05) is 56.3 Å². The number of furan rings is 1. The summed E-state index contributed by atoms with van der Waals surface area (Å²) < 4.78 is 32.1. The molecule has 0 aliphatic rings. The summed E-state index contributed by atoms with van der Waals surface area (Å²) in [6.45, 7) is 1.85. The van der Waals surface area contributed by atoms with Gasteiger partial charge in [0, 0.05) is 6.04 Å². The summed E-state index contributed by atoms with van der Waals surface area (Å²) >= 11 is 0. The Morgan fingerprint density at radius 3 is 2.29 bits per heavy atom. The second-order valence-corrected chi connectivity index (χ2v) is 6.81. The molecule has 1 N–H and O–H groups in total. The summed E-state index contributed by atoms with van der Waals surface area (Å²) in [4.78, 5) is 1.99. The molecule has 0 aliphatic carbocycles. The van der Waals surface area contributed by atoms with Crippen LogP contribution in [0.15, 0.2) is 58.2 Å². The Hall–Kier alpha value is -1.63. The monoisotopic (exact) mass is 308 g/mol. The van der Waals surface area contributed by atoms with Gasteiger partial charge in [0.15, 0.2) is 0 Å². The van der Waals surface area contributed by atoms with Gasteiger partial charge in [0.2, 0.25) is 5.09 Å². The van der Waals surface area contributed by atoms with E-state index >= 15 is 0 Å². The summed E-state index contributed by atoms with van der Waals surface area (Å²) in [5.41, 5.74) is 1.05. The highest BCUT2D eigenvalue weighted by Crippen LogP contribution is 2.23. The standard InChI is InChI=1S/C15H20N2O3S/c1-12(16-21(18,19)14-10-7-11-20-14)15(17(2)3)13-8-5-4-6-9-13/h4-12,15-16H,1-3H3/t12-,15+/m1/s1. The SMILES string of the molecule is C[C@@H](NS(=O)(=O)c1ccco1)[C@@H](c1ccccc1)N(C)C. The van der Waals surface area contributed by atoms with Crippen LogP contribution in [-0.2, 0) is 10.0 Å². The molecule has 0 fully saturated rings. The summed E-state index contributed by atoms with van der Waals surface area (Å²) in [5.74, 6) is 0. The molecule has 1 aromatic heterocycles. The molecule has 1 aromatic carbocycles. The third kappa shape index (κ3) is 3.72. The molecule has 1 heterocycles. The first kappa shape index (κ1) is 15.8. The third-order valence-corrected chi connectivity index (χ3v) is 4.72. The lowest BCUT2D eigenvalue weighted by atomic mass is 10.0. The fourth-order valence-electron chi connectivity index (χ4n) is 2.47. The van der Waals surface area contributed by atoms with Crippen LogP contribution in [0.25, 0.3) is 0 Å². The Bertz CT molecular complexity index is 651. The molecule has 0 unspecified atom stereocenters. The van der Waals surface area contributed by atoms with Gasteiger partial charge >= 0.3 is 0 Å². The van der Waals surface area contributed by atoms with Crippen molar-refractivity contribution in [3.63, 3.8) is 0 Å². The maximum Gasteiger partial charge on any atom is 0.274 e. The van der Waals surface area contributed by atoms with Gasteiger partial charge in [-0.2, -0.15) is 0 Å². The molecule has 0 spiro atoms. The molecular formula is C15H20N2O3S. The number of nitrogens with zero attached hydrogens (tertiary/aromatic N) is 1. The zero-order chi connectivity index (χ0) is 15.5. The number of sulfonamides is 1. The van der Waals surface area contributed by atoms with Gasteiger partial charge in [0.1, 0.15) is 0 Å². The van der Waals surface area contributed by atoms with E-state index in [9.17, 15) is 8.42 Å². The molecule has 2 rings (SSSR count). The van der Waals surface area contributed by atoms with Gasteiger partial charge in [0.05, 0.1) is 12.3 Å². The molecule has 5 nitrogen and oxygen atoms in total. The van der Waals surface area contributed by atoms with Gasteiger partial charge in [-0.1, -0.05) is 30.3 Å². The summed E-state index contributed by atoms with van der Waals surface area (Å²) in [6, 6.07) is 12.4. The maximum atomic E-state index is 12.2. The molecule has 0 amide bonds. The molecule has 2 atom stereocenters. The van der Waals surface area contributed by atoms with Crippen LogP contribution in [0, 0.1) is 0 Å². The summed E-state index contributed by atoms with van der Waals surface area (Å²) in [7, 11) is 0.206. The van der Waals surface area contributed by atoms with Crippen molar-refractivity contribution < 1.29 is 12.8 Å². The van der Waals surface area contributed by atoms with Gasteiger partial charge in [-0.25, -0.2) is 13.1 Å². The van der Waals surface area contributed by atoms with Crippen molar-refractivity contribution in [2.75, 3.05) is 14.1 Å². The molecule has 0 radical (unpaired) electrons. The zero-order valence-electron chi connectivity index (χ0n) is 12.4. The molecule has 0 saturated heterocycles. The van der Waals surface area contributed by atoms with E-state index in [4.69, 9.17) is 4.42 Å². The van der Waals surface area contributed by atoms with E-state index < -0.39 is 10.0 Å².